The summed E-state index contributed by atoms with van der Waals surface area (Å²) in [5.41, 5.74) is 2.23. The minimum absolute atomic E-state index is 0.117. The Morgan fingerprint density at radius 3 is 2.54 bits per heavy atom. The highest BCUT2D eigenvalue weighted by Crippen LogP contribution is 2.21. The number of nitrogens with one attached hydrogen (secondary N) is 3. The lowest BCUT2D eigenvalue weighted by molar-refractivity contribution is -0.139. The molecule has 2 atom stereocenters. The summed E-state index contributed by atoms with van der Waals surface area (Å²) in [6, 6.07) is 7.60. The molecule has 7 heteroatoms. The molecule has 1 heterocycles. The molecule has 0 radical (unpaired) electrons. The van der Waals surface area contributed by atoms with Gasteiger partial charge in [0.2, 0.25) is 0 Å². The summed E-state index contributed by atoms with van der Waals surface area (Å²) >= 11 is 3.44. The van der Waals surface area contributed by atoms with Gasteiger partial charge in [-0.3, -0.25) is 0 Å². The smallest absolute Gasteiger partial charge is 0.337 e. The molecule has 2 rings (SSSR count). The van der Waals surface area contributed by atoms with Gasteiger partial charge in [-0.05, 0) is 37.5 Å². The number of halogens is 1. The lowest BCUT2D eigenvalue weighted by Crippen LogP contribution is -2.52. The van der Waals surface area contributed by atoms with Crippen molar-refractivity contribution in [3.8, 4) is 0 Å². The number of urea groups is 1. The van der Waals surface area contributed by atoms with Crippen LogP contribution in [0.4, 0.5) is 4.79 Å². The molecule has 6 nitrogen and oxygen atoms in total. The SMILES string of the molecule is CCOC(=O)C1=C(CN[C@H](CC)c2ccc(Br)cc2)NC(=O)N[C@@H]1CC. The number of esters is 1. The number of hydrogen-bond acceptors (Lipinski definition) is 4. The first-order valence-corrected chi connectivity index (χ1v) is 9.75. The molecule has 1 aliphatic rings. The van der Waals surface area contributed by atoms with Gasteiger partial charge in [-0.1, -0.05) is 41.9 Å². The van der Waals surface area contributed by atoms with Crippen LogP contribution in [0.25, 0.3) is 0 Å². The van der Waals surface area contributed by atoms with Crippen molar-refractivity contribution in [2.24, 2.45) is 0 Å². The summed E-state index contributed by atoms with van der Waals surface area (Å²) in [7, 11) is 0. The largest absolute Gasteiger partial charge is 0.463 e. The Morgan fingerprint density at radius 1 is 1.27 bits per heavy atom. The Hall–Kier alpha value is -1.86. The number of amides is 2. The van der Waals surface area contributed by atoms with Crippen molar-refractivity contribution >= 4 is 27.9 Å². The van der Waals surface area contributed by atoms with Crippen LogP contribution in [-0.4, -0.2) is 31.2 Å². The van der Waals surface area contributed by atoms with Crippen LogP contribution in [-0.2, 0) is 9.53 Å². The van der Waals surface area contributed by atoms with Gasteiger partial charge in [-0.15, -0.1) is 0 Å². The average Bonchev–Trinajstić information content (AvgIpc) is 2.63. The highest BCUT2D eigenvalue weighted by atomic mass is 79.9. The van der Waals surface area contributed by atoms with Crippen LogP contribution in [0.1, 0.15) is 45.2 Å². The van der Waals surface area contributed by atoms with Crippen molar-refractivity contribution in [2.45, 2.75) is 45.7 Å². The molecule has 0 aliphatic carbocycles. The molecule has 0 saturated carbocycles. The molecule has 0 unspecified atom stereocenters. The first-order valence-electron chi connectivity index (χ1n) is 8.96. The second-order valence-corrected chi connectivity index (χ2v) is 6.98. The Labute approximate surface area is 162 Å². The number of hydrogen-bond donors (Lipinski definition) is 3. The van der Waals surface area contributed by atoms with E-state index in [1.165, 1.54) is 0 Å². The van der Waals surface area contributed by atoms with Crippen molar-refractivity contribution in [1.29, 1.82) is 0 Å². The van der Waals surface area contributed by atoms with E-state index in [9.17, 15) is 9.59 Å². The monoisotopic (exact) mass is 423 g/mol. The maximum Gasteiger partial charge on any atom is 0.337 e. The summed E-state index contributed by atoms with van der Waals surface area (Å²) in [5, 5.41) is 9.00. The van der Waals surface area contributed by atoms with E-state index >= 15 is 0 Å². The number of carbonyl (C=O) groups is 2. The fraction of sp³-hybridized carbons (Fsp3) is 0.474. The third-order valence-electron chi connectivity index (χ3n) is 4.35. The molecule has 0 fully saturated rings. The van der Waals surface area contributed by atoms with Gasteiger partial charge in [0.15, 0.2) is 0 Å². The molecule has 1 aliphatic heterocycles. The van der Waals surface area contributed by atoms with Crippen molar-refractivity contribution in [3.05, 3.63) is 45.6 Å². The van der Waals surface area contributed by atoms with Crippen molar-refractivity contribution < 1.29 is 14.3 Å². The van der Waals surface area contributed by atoms with E-state index in [0.29, 0.717) is 30.8 Å². The molecule has 142 valence electrons. The van der Waals surface area contributed by atoms with Gasteiger partial charge in [-0.2, -0.15) is 0 Å². The first-order chi connectivity index (χ1) is 12.5. The highest BCUT2D eigenvalue weighted by molar-refractivity contribution is 9.10. The Kier molecular flexibility index (Phi) is 7.66. The predicted molar refractivity (Wildman–Crippen MR) is 105 cm³/mol. The van der Waals surface area contributed by atoms with Crippen LogP contribution in [0, 0.1) is 0 Å². The lowest BCUT2D eigenvalue weighted by Gasteiger charge is -2.29. The van der Waals surface area contributed by atoms with E-state index in [-0.39, 0.29) is 24.1 Å². The van der Waals surface area contributed by atoms with Crippen LogP contribution < -0.4 is 16.0 Å². The van der Waals surface area contributed by atoms with Crippen molar-refractivity contribution in [2.75, 3.05) is 13.2 Å². The highest BCUT2D eigenvalue weighted by Gasteiger charge is 2.31. The lowest BCUT2D eigenvalue weighted by atomic mass is 9.99. The molecule has 1 aromatic rings. The van der Waals surface area contributed by atoms with E-state index in [0.717, 1.165) is 16.5 Å². The Bertz CT molecular complexity index is 673. The van der Waals surface area contributed by atoms with Crippen LogP contribution in [0.15, 0.2) is 40.0 Å². The second kappa shape index (κ2) is 9.73. The molecule has 26 heavy (non-hydrogen) atoms. The molecule has 1 aromatic carbocycles. The van der Waals surface area contributed by atoms with E-state index < -0.39 is 0 Å². The molecule has 0 aromatic heterocycles. The van der Waals surface area contributed by atoms with Gasteiger partial charge in [-0.25, -0.2) is 9.59 Å². The zero-order valence-electron chi connectivity index (χ0n) is 15.4. The maximum absolute atomic E-state index is 12.4. The minimum atomic E-state index is -0.389. The fourth-order valence-electron chi connectivity index (χ4n) is 3.02. The van der Waals surface area contributed by atoms with Crippen molar-refractivity contribution in [3.63, 3.8) is 0 Å². The molecule has 2 amide bonds. The van der Waals surface area contributed by atoms with Gasteiger partial charge in [0, 0.05) is 22.8 Å². The van der Waals surface area contributed by atoms with Gasteiger partial charge in [0.25, 0.3) is 0 Å². The molecular formula is C19H26BrN3O3. The topological polar surface area (TPSA) is 79.5 Å². The fourth-order valence-corrected chi connectivity index (χ4v) is 3.28. The van der Waals surface area contributed by atoms with E-state index in [1.807, 2.05) is 19.1 Å². The Balaban J connectivity index is 2.22. The van der Waals surface area contributed by atoms with E-state index in [1.54, 1.807) is 6.92 Å². The van der Waals surface area contributed by atoms with E-state index in [2.05, 4.69) is 50.9 Å². The van der Waals surface area contributed by atoms with Gasteiger partial charge < -0.3 is 20.7 Å². The third-order valence-corrected chi connectivity index (χ3v) is 4.88. The second-order valence-electron chi connectivity index (χ2n) is 6.07. The normalized spacial score (nSPS) is 18.2. The maximum atomic E-state index is 12.4. The molecule has 0 spiro atoms. The van der Waals surface area contributed by atoms with Gasteiger partial charge >= 0.3 is 12.0 Å². The Morgan fingerprint density at radius 2 is 1.96 bits per heavy atom. The summed E-state index contributed by atoms with van der Waals surface area (Å²) in [6.45, 7) is 6.47. The third kappa shape index (κ3) is 5.08. The van der Waals surface area contributed by atoms with Crippen molar-refractivity contribution in [1.82, 2.24) is 16.0 Å². The van der Waals surface area contributed by atoms with Crippen LogP contribution in [0.5, 0.6) is 0 Å². The first kappa shape index (κ1) is 20.5. The van der Waals surface area contributed by atoms with Crippen LogP contribution in [0.3, 0.4) is 0 Å². The number of rotatable bonds is 8. The standard InChI is InChI=1S/C19H26BrN3O3/c1-4-14(12-7-9-13(20)10-8-12)21-11-16-17(18(24)26-6-3)15(5-2)22-19(25)23-16/h7-10,14-15,21H,4-6,11H2,1-3H3,(H2,22,23,25)/t14-,15-/m1/s1. The quantitative estimate of drug-likeness (QED) is 0.559. The summed E-state index contributed by atoms with van der Waals surface area (Å²) in [6.07, 6.45) is 1.50. The molecule has 0 saturated heterocycles. The zero-order valence-corrected chi connectivity index (χ0v) is 17.0. The number of ether oxygens (including phenoxy) is 1. The van der Waals surface area contributed by atoms with Gasteiger partial charge in [0.05, 0.1) is 18.2 Å². The number of carbonyl (C=O) groups excluding carboxylic acids is 2. The van der Waals surface area contributed by atoms with E-state index in [4.69, 9.17) is 4.74 Å². The van der Waals surface area contributed by atoms with Crippen LogP contribution in [0.2, 0.25) is 0 Å². The minimum Gasteiger partial charge on any atom is -0.463 e. The molecule has 3 N–H and O–H groups in total. The summed E-state index contributed by atoms with van der Waals surface area (Å²) in [4.78, 5) is 24.4. The molecular weight excluding hydrogens is 398 g/mol. The summed E-state index contributed by atoms with van der Waals surface area (Å²) in [5.74, 6) is -0.389. The predicted octanol–water partition coefficient (Wildman–Crippen LogP) is 3.40. The van der Waals surface area contributed by atoms with Crippen LogP contribution >= 0.6 is 15.9 Å². The van der Waals surface area contributed by atoms with Gasteiger partial charge in [0.1, 0.15) is 0 Å². The summed E-state index contributed by atoms with van der Waals surface area (Å²) < 4.78 is 6.22. The average molecular weight is 424 g/mol. The molecule has 0 bridgehead atoms. The number of benzene rings is 1. The zero-order chi connectivity index (χ0) is 19.1.